The van der Waals surface area contributed by atoms with Crippen molar-refractivity contribution >= 4 is 0 Å². The highest BCUT2D eigenvalue weighted by Gasteiger charge is 2.04. The van der Waals surface area contributed by atoms with Crippen molar-refractivity contribution in [3.05, 3.63) is 35.7 Å². The van der Waals surface area contributed by atoms with Gasteiger partial charge >= 0.3 is 0 Å². The molecule has 3 nitrogen and oxygen atoms in total. The zero-order valence-electron chi connectivity index (χ0n) is 9.42. The molecule has 0 spiro atoms. The summed E-state index contributed by atoms with van der Waals surface area (Å²) in [6.07, 6.45) is 0.743. The van der Waals surface area contributed by atoms with Crippen LogP contribution in [0, 0.1) is 6.92 Å². The number of aryl methyl sites for hydroxylation is 1. The van der Waals surface area contributed by atoms with Gasteiger partial charge in [-0.3, -0.25) is 4.98 Å². The number of rotatable bonds is 5. The van der Waals surface area contributed by atoms with E-state index in [0.29, 0.717) is 13.2 Å². The first-order valence-electron chi connectivity index (χ1n) is 5.07. The summed E-state index contributed by atoms with van der Waals surface area (Å²) in [5.41, 5.74) is 8.43. The van der Waals surface area contributed by atoms with Crippen LogP contribution in [0.5, 0.6) is 5.75 Å². The molecule has 0 aliphatic heterocycles. The van der Waals surface area contributed by atoms with Crippen LogP contribution in [0.25, 0.3) is 0 Å². The van der Waals surface area contributed by atoms with Gasteiger partial charge in [-0.05, 0) is 38.1 Å². The first kappa shape index (κ1) is 11.7. The van der Waals surface area contributed by atoms with Gasteiger partial charge in [0.05, 0.1) is 5.69 Å². The van der Waals surface area contributed by atoms with Crippen LogP contribution in [0.3, 0.4) is 0 Å². The Morgan fingerprint density at radius 1 is 1.53 bits per heavy atom. The summed E-state index contributed by atoms with van der Waals surface area (Å²) in [5, 5.41) is 0. The van der Waals surface area contributed by atoms with Crippen molar-refractivity contribution in [2.24, 2.45) is 5.73 Å². The Balaban J connectivity index is 2.80. The topological polar surface area (TPSA) is 48.1 Å². The molecule has 3 heteroatoms. The van der Waals surface area contributed by atoms with Gasteiger partial charge in [-0.25, -0.2) is 0 Å². The third-order valence-electron chi connectivity index (χ3n) is 1.93. The first-order chi connectivity index (χ1) is 7.13. The van der Waals surface area contributed by atoms with E-state index in [1.54, 1.807) is 0 Å². The first-order valence-corrected chi connectivity index (χ1v) is 5.07. The molecule has 0 aliphatic rings. The van der Waals surface area contributed by atoms with E-state index in [1.165, 1.54) is 0 Å². The molecule has 0 fully saturated rings. The van der Waals surface area contributed by atoms with E-state index >= 15 is 0 Å². The third-order valence-corrected chi connectivity index (χ3v) is 1.93. The fourth-order valence-corrected chi connectivity index (χ4v) is 1.25. The molecule has 1 aromatic heterocycles. The van der Waals surface area contributed by atoms with Gasteiger partial charge in [-0.1, -0.05) is 6.58 Å². The molecule has 1 aromatic rings. The van der Waals surface area contributed by atoms with Crippen molar-refractivity contribution in [2.45, 2.75) is 20.3 Å². The van der Waals surface area contributed by atoms with Crippen LogP contribution in [-0.4, -0.2) is 18.1 Å². The quantitative estimate of drug-likeness (QED) is 0.748. The normalized spacial score (nSPS) is 10.1. The minimum absolute atomic E-state index is 0.530. The number of nitrogens with zero attached hydrogens (tertiary/aromatic N) is 1. The molecule has 0 saturated carbocycles. The summed E-state index contributed by atoms with van der Waals surface area (Å²) < 4.78 is 5.59. The molecule has 1 heterocycles. The molecule has 0 aromatic carbocycles. The largest absolute Gasteiger partial charge is 0.487 e. The zero-order chi connectivity index (χ0) is 11.3. The van der Waals surface area contributed by atoms with Crippen LogP contribution in [0.4, 0.5) is 0 Å². The highest BCUT2D eigenvalue weighted by Crippen LogP contribution is 2.17. The lowest BCUT2D eigenvalue weighted by Crippen LogP contribution is -2.08. The highest BCUT2D eigenvalue weighted by atomic mass is 16.5. The van der Waals surface area contributed by atoms with Gasteiger partial charge in [0, 0.05) is 12.1 Å². The molecule has 2 N–H and O–H groups in total. The maximum atomic E-state index is 5.59. The van der Waals surface area contributed by atoms with Crippen molar-refractivity contribution < 1.29 is 4.74 Å². The number of nitrogens with two attached hydrogens (primary N) is 1. The molecule has 1 rings (SSSR count). The molecular formula is C12H18N2O. The van der Waals surface area contributed by atoms with Crippen LogP contribution in [0.15, 0.2) is 24.3 Å². The molecule has 0 radical (unpaired) electrons. The van der Waals surface area contributed by atoms with E-state index < -0.39 is 0 Å². The Bertz CT molecular complexity index is 347. The van der Waals surface area contributed by atoms with E-state index in [9.17, 15) is 0 Å². The Morgan fingerprint density at radius 3 is 2.87 bits per heavy atom. The van der Waals surface area contributed by atoms with Crippen LogP contribution in [-0.2, 0) is 6.42 Å². The third kappa shape index (κ3) is 3.72. The molecule has 0 aliphatic carbocycles. The minimum Gasteiger partial charge on any atom is -0.487 e. The molecule has 82 valence electrons. The minimum atomic E-state index is 0.530. The van der Waals surface area contributed by atoms with E-state index in [1.807, 2.05) is 26.0 Å². The smallest absolute Gasteiger partial charge is 0.141 e. The molecule has 0 amide bonds. The standard InChI is InChI=1S/C12H18N2O/c1-9(2)8-15-12-5-4-10(3)14-11(12)6-7-13/h4-5H,1,6-8,13H2,2-3H3. The van der Waals surface area contributed by atoms with E-state index in [0.717, 1.165) is 29.1 Å². The van der Waals surface area contributed by atoms with E-state index in [-0.39, 0.29) is 0 Å². The summed E-state index contributed by atoms with van der Waals surface area (Å²) in [6, 6.07) is 3.88. The maximum Gasteiger partial charge on any atom is 0.141 e. The summed E-state index contributed by atoms with van der Waals surface area (Å²) in [5.74, 6) is 0.814. The summed E-state index contributed by atoms with van der Waals surface area (Å²) in [4.78, 5) is 4.41. The fraction of sp³-hybridized carbons (Fsp3) is 0.417. The second-order valence-electron chi connectivity index (χ2n) is 3.68. The fourth-order valence-electron chi connectivity index (χ4n) is 1.25. The highest BCUT2D eigenvalue weighted by molar-refractivity contribution is 5.29. The lowest BCUT2D eigenvalue weighted by Gasteiger charge is -2.10. The zero-order valence-corrected chi connectivity index (χ0v) is 9.42. The summed E-state index contributed by atoms with van der Waals surface area (Å²) in [7, 11) is 0. The average Bonchev–Trinajstić information content (AvgIpc) is 2.17. The van der Waals surface area contributed by atoms with Crippen LogP contribution in [0.1, 0.15) is 18.3 Å². The second kappa shape index (κ2) is 5.51. The lowest BCUT2D eigenvalue weighted by molar-refractivity contribution is 0.346. The van der Waals surface area contributed by atoms with E-state index in [2.05, 4.69) is 11.6 Å². The van der Waals surface area contributed by atoms with Gasteiger partial charge in [0.1, 0.15) is 12.4 Å². The number of pyridine rings is 1. The average molecular weight is 206 g/mol. The van der Waals surface area contributed by atoms with Gasteiger partial charge in [0.25, 0.3) is 0 Å². The predicted octanol–water partition coefficient (Wildman–Crippen LogP) is 1.85. The summed E-state index contributed by atoms with van der Waals surface area (Å²) in [6.45, 7) is 8.80. The van der Waals surface area contributed by atoms with E-state index in [4.69, 9.17) is 10.5 Å². The van der Waals surface area contributed by atoms with Gasteiger partial charge < -0.3 is 10.5 Å². The maximum absolute atomic E-state index is 5.59. The van der Waals surface area contributed by atoms with Crippen molar-refractivity contribution in [3.63, 3.8) is 0 Å². The van der Waals surface area contributed by atoms with Crippen LogP contribution in [0.2, 0.25) is 0 Å². The summed E-state index contributed by atoms with van der Waals surface area (Å²) >= 11 is 0. The Morgan fingerprint density at radius 2 is 2.27 bits per heavy atom. The monoisotopic (exact) mass is 206 g/mol. The number of aromatic nitrogens is 1. The molecule has 0 saturated heterocycles. The Hall–Kier alpha value is -1.35. The number of hydrogen-bond donors (Lipinski definition) is 1. The van der Waals surface area contributed by atoms with Crippen molar-refractivity contribution in [2.75, 3.05) is 13.2 Å². The SMILES string of the molecule is C=C(C)COc1ccc(C)nc1CCN. The Labute approximate surface area is 91.0 Å². The van der Waals surface area contributed by atoms with Gasteiger partial charge in [-0.2, -0.15) is 0 Å². The number of hydrogen-bond acceptors (Lipinski definition) is 3. The second-order valence-corrected chi connectivity index (χ2v) is 3.68. The number of ether oxygens (including phenoxy) is 1. The Kier molecular flexibility index (Phi) is 4.31. The lowest BCUT2D eigenvalue weighted by atomic mass is 10.2. The molecule has 15 heavy (non-hydrogen) atoms. The molecular weight excluding hydrogens is 188 g/mol. The molecule has 0 atom stereocenters. The predicted molar refractivity (Wildman–Crippen MR) is 62.0 cm³/mol. The molecule has 0 bridgehead atoms. The van der Waals surface area contributed by atoms with Gasteiger partial charge in [-0.15, -0.1) is 0 Å². The van der Waals surface area contributed by atoms with Crippen molar-refractivity contribution in [1.29, 1.82) is 0 Å². The van der Waals surface area contributed by atoms with Crippen molar-refractivity contribution in [1.82, 2.24) is 4.98 Å². The van der Waals surface area contributed by atoms with Crippen molar-refractivity contribution in [3.8, 4) is 5.75 Å². The van der Waals surface area contributed by atoms with Gasteiger partial charge in [0.15, 0.2) is 0 Å². The van der Waals surface area contributed by atoms with Crippen LogP contribution < -0.4 is 10.5 Å². The van der Waals surface area contributed by atoms with Gasteiger partial charge in [0.2, 0.25) is 0 Å². The van der Waals surface area contributed by atoms with Crippen LogP contribution >= 0.6 is 0 Å². The molecule has 0 unspecified atom stereocenters.